The lowest BCUT2D eigenvalue weighted by Crippen LogP contribution is -2.32. The fourth-order valence-corrected chi connectivity index (χ4v) is 13.7. The molecule has 16 rings (SSSR count). The van der Waals surface area contributed by atoms with E-state index in [1.807, 2.05) is 6.07 Å². The van der Waals surface area contributed by atoms with E-state index in [4.69, 9.17) is 4.42 Å². The van der Waals surface area contributed by atoms with Crippen molar-refractivity contribution in [3.63, 3.8) is 0 Å². The average Bonchev–Trinajstić information content (AvgIpc) is 1.48. The van der Waals surface area contributed by atoms with Crippen LogP contribution in [0.2, 0.25) is 0 Å². The molecule has 1 heterocycles. The van der Waals surface area contributed by atoms with E-state index >= 15 is 0 Å². The second kappa shape index (κ2) is 22.2. The second-order valence-corrected chi connectivity index (χ2v) is 22.7. The van der Waals surface area contributed by atoms with E-state index in [0.717, 1.165) is 83.9 Å². The Hall–Kier alpha value is -11.5. The van der Waals surface area contributed by atoms with Gasteiger partial charge >= 0.3 is 0 Å². The van der Waals surface area contributed by atoms with E-state index in [-0.39, 0.29) is 0 Å². The van der Waals surface area contributed by atoms with Gasteiger partial charge in [0.05, 0.1) is 5.41 Å². The normalized spacial score (nSPS) is 12.2. The van der Waals surface area contributed by atoms with Crippen molar-refractivity contribution in [2.45, 2.75) is 5.41 Å². The molecule has 0 saturated heterocycles. The molecule has 14 aromatic carbocycles. The van der Waals surface area contributed by atoms with Crippen molar-refractivity contribution in [1.82, 2.24) is 0 Å². The highest BCUT2D eigenvalue weighted by Gasteiger charge is 2.44. The molecule has 3 nitrogen and oxygen atoms in total. The molecule has 0 unspecified atom stereocenters. The highest BCUT2D eigenvalue weighted by molar-refractivity contribution is 6.09. The molecule has 0 aliphatic heterocycles. The summed E-state index contributed by atoms with van der Waals surface area (Å²) >= 11 is 0. The van der Waals surface area contributed by atoms with Gasteiger partial charge in [-0.1, -0.05) is 273 Å². The SMILES string of the molecule is c1ccc(-c2ccc(N(c3ccc(-c4ccccc4)cc3)c3ccc(C4(c5cccc(N(c6ccc(-c7ccccc7)cc6)c6ccc(-c7cccc8c7oc7ccccc78)cc6)c5)c5ccccc5-c5ccccc5-c5ccccc54)cc3)cc2)cc1. The van der Waals surface area contributed by atoms with Gasteiger partial charge in [-0.15, -0.1) is 0 Å². The first kappa shape index (κ1) is 52.1. The molecule has 0 fully saturated rings. The Morgan fingerprint density at radius 1 is 0.216 bits per heavy atom. The van der Waals surface area contributed by atoms with Gasteiger partial charge in [-0.2, -0.15) is 0 Å². The fraction of sp³-hybridized carbons (Fsp3) is 0.0118. The lowest BCUT2D eigenvalue weighted by molar-refractivity contribution is 0.670. The van der Waals surface area contributed by atoms with Crippen molar-refractivity contribution >= 4 is 56.1 Å². The standard InChI is InChI=1S/C85H58N2O/c1-4-20-59(21-5-1)62-38-48-68(49-39-62)86(69-50-40-63(41-51-69)60-22-6-2-7-23-60)72-56-46-66(47-57-72)85(81-35-15-12-30-77(81)75-28-10-11-29-76(75)78-31-13-16-36-82(78)85)67-26-18-27-73(58-67)87(70-52-42-64(43-53-70)61-24-8-3-9-25-61)71-54-44-65(45-55-71)74-33-19-34-80-79-32-14-17-37-83(79)88-84(74)80/h1-58H. The first-order valence-electron chi connectivity index (χ1n) is 30.2. The average molecular weight is 1120 g/mol. The van der Waals surface area contributed by atoms with Gasteiger partial charge in [0.1, 0.15) is 11.2 Å². The monoisotopic (exact) mass is 1120 g/mol. The molecule has 0 N–H and O–H groups in total. The number of hydrogen-bond acceptors (Lipinski definition) is 3. The molecule has 0 amide bonds. The summed E-state index contributed by atoms with van der Waals surface area (Å²) in [6, 6.07) is 128. The molecule has 0 bridgehead atoms. The van der Waals surface area contributed by atoms with Gasteiger partial charge in [-0.25, -0.2) is 0 Å². The minimum absolute atomic E-state index is 0.821. The van der Waals surface area contributed by atoms with Gasteiger partial charge in [0.15, 0.2) is 0 Å². The van der Waals surface area contributed by atoms with Gasteiger partial charge in [-0.3, -0.25) is 0 Å². The Balaban J connectivity index is 0.881. The molecule has 414 valence electrons. The van der Waals surface area contributed by atoms with Crippen molar-refractivity contribution in [1.29, 1.82) is 0 Å². The molecule has 0 spiro atoms. The lowest BCUT2D eigenvalue weighted by atomic mass is 9.63. The zero-order valence-electron chi connectivity index (χ0n) is 48.3. The van der Waals surface area contributed by atoms with Crippen LogP contribution >= 0.6 is 0 Å². The summed E-state index contributed by atoms with van der Waals surface area (Å²) in [4.78, 5) is 4.79. The van der Waals surface area contributed by atoms with Crippen LogP contribution in [0.5, 0.6) is 0 Å². The highest BCUT2D eigenvalue weighted by Crippen LogP contribution is 2.56. The molecule has 3 heteroatoms. The van der Waals surface area contributed by atoms with E-state index in [9.17, 15) is 0 Å². The van der Waals surface area contributed by atoms with Crippen LogP contribution in [-0.4, -0.2) is 0 Å². The Kier molecular flexibility index (Phi) is 13.1. The van der Waals surface area contributed by atoms with E-state index < -0.39 is 5.41 Å². The number of rotatable bonds is 12. The minimum atomic E-state index is -0.821. The van der Waals surface area contributed by atoms with Gasteiger partial charge in [0.25, 0.3) is 0 Å². The van der Waals surface area contributed by atoms with Crippen LogP contribution in [-0.2, 0) is 5.41 Å². The molecule has 0 radical (unpaired) electrons. The van der Waals surface area contributed by atoms with Gasteiger partial charge in [0.2, 0.25) is 0 Å². The van der Waals surface area contributed by atoms with E-state index in [1.165, 1.54) is 61.2 Å². The van der Waals surface area contributed by atoms with Crippen LogP contribution in [0.3, 0.4) is 0 Å². The molecule has 0 atom stereocenters. The van der Waals surface area contributed by atoms with Crippen LogP contribution in [0.4, 0.5) is 34.1 Å². The predicted molar refractivity (Wildman–Crippen MR) is 368 cm³/mol. The summed E-state index contributed by atoms with van der Waals surface area (Å²) in [6.07, 6.45) is 0. The van der Waals surface area contributed by atoms with Crippen LogP contribution < -0.4 is 9.80 Å². The first-order valence-corrected chi connectivity index (χ1v) is 30.2. The summed E-state index contributed by atoms with van der Waals surface area (Å²) in [5, 5.41) is 2.23. The molecule has 1 aromatic heterocycles. The van der Waals surface area contributed by atoms with E-state index in [0.29, 0.717) is 0 Å². The lowest BCUT2D eigenvalue weighted by Gasteiger charge is -2.39. The van der Waals surface area contributed by atoms with Crippen LogP contribution in [0.15, 0.2) is 356 Å². The minimum Gasteiger partial charge on any atom is -0.455 e. The smallest absolute Gasteiger partial charge is 0.143 e. The molecule has 0 saturated carbocycles. The quantitative estimate of drug-likeness (QED) is 0.122. The zero-order valence-corrected chi connectivity index (χ0v) is 48.3. The molecular formula is C85H58N2O. The number of para-hydroxylation sites is 2. The summed E-state index contributed by atoms with van der Waals surface area (Å²) < 4.78 is 6.58. The van der Waals surface area contributed by atoms with Gasteiger partial charge in [-0.05, 0) is 162 Å². The number of furan rings is 1. The number of benzene rings is 14. The third-order valence-electron chi connectivity index (χ3n) is 17.8. The maximum absolute atomic E-state index is 6.58. The summed E-state index contributed by atoms with van der Waals surface area (Å²) in [5.41, 5.74) is 26.0. The van der Waals surface area contributed by atoms with Crippen molar-refractivity contribution in [3.05, 3.63) is 374 Å². The Morgan fingerprint density at radius 2 is 0.568 bits per heavy atom. The van der Waals surface area contributed by atoms with Crippen molar-refractivity contribution in [2.24, 2.45) is 0 Å². The summed E-state index contributed by atoms with van der Waals surface area (Å²) in [6.45, 7) is 0. The number of hydrogen-bond donors (Lipinski definition) is 0. The maximum Gasteiger partial charge on any atom is 0.143 e. The van der Waals surface area contributed by atoms with Crippen LogP contribution in [0.25, 0.3) is 88.7 Å². The highest BCUT2D eigenvalue weighted by atomic mass is 16.3. The topological polar surface area (TPSA) is 19.6 Å². The van der Waals surface area contributed by atoms with Crippen molar-refractivity contribution < 1.29 is 4.42 Å². The van der Waals surface area contributed by atoms with E-state index in [1.54, 1.807) is 0 Å². The Labute approximate surface area is 513 Å². The number of fused-ring (bicyclic) bond motifs is 8. The van der Waals surface area contributed by atoms with Crippen LogP contribution in [0, 0.1) is 0 Å². The van der Waals surface area contributed by atoms with Crippen molar-refractivity contribution in [2.75, 3.05) is 9.80 Å². The molecule has 88 heavy (non-hydrogen) atoms. The van der Waals surface area contributed by atoms with Gasteiger partial charge < -0.3 is 14.2 Å². The zero-order chi connectivity index (χ0) is 58.4. The Bertz CT molecular complexity index is 4830. The van der Waals surface area contributed by atoms with E-state index in [2.05, 4.69) is 356 Å². The molecule has 15 aromatic rings. The Morgan fingerprint density at radius 3 is 1.06 bits per heavy atom. The number of nitrogens with zero attached hydrogens (tertiary/aromatic N) is 2. The molecule has 1 aliphatic carbocycles. The number of anilines is 6. The van der Waals surface area contributed by atoms with Crippen molar-refractivity contribution in [3.8, 4) is 66.8 Å². The third kappa shape index (κ3) is 9.08. The van der Waals surface area contributed by atoms with Crippen LogP contribution in [0.1, 0.15) is 22.3 Å². The fourth-order valence-electron chi connectivity index (χ4n) is 13.7. The maximum atomic E-state index is 6.58. The molecular weight excluding hydrogens is 1060 g/mol. The second-order valence-electron chi connectivity index (χ2n) is 22.7. The summed E-state index contributed by atoms with van der Waals surface area (Å²) in [5.74, 6) is 0. The third-order valence-corrected chi connectivity index (χ3v) is 17.8. The van der Waals surface area contributed by atoms with Gasteiger partial charge in [0, 0.05) is 50.5 Å². The molecule has 1 aliphatic rings. The largest absolute Gasteiger partial charge is 0.455 e. The summed E-state index contributed by atoms with van der Waals surface area (Å²) in [7, 11) is 0. The first-order chi connectivity index (χ1) is 43.6. The predicted octanol–water partition coefficient (Wildman–Crippen LogP) is 23.2.